The Morgan fingerprint density at radius 3 is 1.61 bits per heavy atom. The molecule has 3 aromatic carbocycles. The highest BCUT2D eigenvalue weighted by Gasteiger charge is 2.13. The monoisotopic (exact) mass is 304 g/mol. The Hall–Kier alpha value is -3.07. The fourth-order valence-corrected chi connectivity index (χ4v) is 2.33. The molecule has 2 nitrogen and oxygen atoms in total. The van der Waals surface area contributed by atoms with Crippen LogP contribution in [0.2, 0.25) is 0 Å². The van der Waals surface area contributed by atoms with Crippen molar-refractivity contribution in [1.82, 2.24) is 0 Å². The van der Waals surface area contributed by atoms with Crippen LogP contribution in [0.15, 0.2) is 78.9 Å². The van der Waals surface area contributed by atoms with Gasteiger partial charge in [-0.25, -0.2) is 4.39 Å². The number of halogens is 1. The summed E-state index contributed by atoms with van der Waals surface area (Å²) in [5, 5.41) is 0. The van der Waals surface area contributed by atoms with E-state index in [1.54, 1.807) is 48.5 Å². The van der Waals surface area contributed by atoms with Gasteiger partial charge in [-0.3, -0.25) is 9.59 Å². The third-order valence-corrected chi connectivity index (χ3v) is 3.53. The van der Waals surface area contributed by atoms with Crippen LogP contribution in [0, 0.1) is 5.82 Å². The maximum atomic E-state index is 13.0. The van der Waals surface area contributed by atoms with Crippen LogP contribution in [0.5, 0.6) is 0 Å². The largest absolute Gasteiger partial charge is 0.289 e. The van der Waals surface area contributed by atoms with Crippen molar-refractivity contribution in [3.8, 4) is 0 Å². The lowest BCUT2D eigenvalue weighted by atomic mass is 9.97. The molecule has 0 heterocycles. The van der Waals surface area contributed by atoms with E-state index in [1.807, 2.05) is 6.07 Å². The molecule has 0 fully saturated rings. The minimum absolute atomic E-state index is 0.139. The van der Waals surface area contributed by atoms with Crippen LogP contribution < -0.4 is 0 Å². The summed E-state index contributed by atoms with van der Waals surface area (Å²) in [5.41, 5.74) is 1.80. The van der Waals surface area contributed by atoms with Crippen molar-refractivity contribution in [3.63, 3.8) is 0 Å². The molecule has 23 heavy (non-hydrogen) atoms. The summed E-state index contributed by atoms with van der Waals surface area (Å²) in [4.78, 5) is 24.9. The molecule has 3 rings (SSSR count). The molecule has 3 aromatic rings. The van der Waals surface area contributed by atoms with Gasteiger partial charge in [0.1, 0.15) is 5.82 Å². The van der Waals surface area contributed by atoms with Gasteiger partial charge >= 0.3 is 0 Å². The van der Waals surface area contributed by atoms with Crippen LogP contribution in [0.1, 0.15) is 31.8 Å². The summed E-state index contributed by atoms with van der Waals surface area (Å²) in [5.74, 6) is -0.776. The zero-order chi connectivity index (χ0) is 16.2. The zero-order valence-electron chi connectivity index (χ0n) is 12.2. The Morgan fingerprint density at radius 1 is 0.565 bits per heavy atom. The third kappa shape index (κ3) is 3.24. The molecule has 0 bridgehead atoms. The summed E-state index contributed by atoms with van der Waals surface area (Å²) >= 11 is 0. The van der Waals surface area contributed by atoms with E-state index in [1.165, 1.54) is 24.3 Å². The Morgan fingerprint density at radius 2 is 1.04 bits per heavy atom. The van der Waals surface area contributed by atoms with E-state index in [0.29, 0.717) is 22.3 Å². The SMILES string of the molecule is O=C(c1ccccc1)c1cccc(C(=O)c2ccc(F)cc2)c1. The molecule has 0 atom stereocenters. The summed E-state index contributed by atoms with van der Waals surface area (Å²) in [7, 11) is 0. The fourth-order valence-electron chi connectivity index (χ4n) is 2.33. The molecule has 3 heteroatoms. The van der Waals surface area contributed by atoms with E-state index in [9.17, 15) is 14.0 Å². The Kier molecular flexibility index (Phi) is 4.11. The van der Waals surface area contributed by atoms with Crippen LogP contribution in [-0.2, 0) is 0 Å². The molecule has 0 unspecified atom stereocenters. The zero-order valence-corrected chi connectivity index (χ0v) is 12.2. The van der Waals surface area contributed by atoms with E-state index in [2.05, 4.69) is 0 Å². The van der Waals surface area contributed by atoms with Gasteiger partial charge in [0.05, 0.1) is 0 Å². The predicted molar refractivity (Wildman–Crippen MR) is 86.1 cm³/mol. The number of carbonyl (C=O) groups is 2. The second-order valence-corrected chi connectivity index (χ2v) is 5.11. The Labute approximate surface area is 133 Å². The van der Waals surface area contributed by atoms with Crippen molar-refractivity contribution in [2.24, 2.45) is 0 Å². The molecular formula is C20H13FO2. The van der Waals surface area contributed by atoms with Crippen LogP contribution in [-0.4, -0.2) is 11.6 Å². The number of rotatable bonds is 4. The van der Waals surface area contributed by atoms with E-state index in [-0.39, 0.29) is 11.6 Å². The van der Waals surface area contributed by atoms with Crippen molar-refractivity contribution in [2.45, 2.75) is 0 Å². The van der Waals surface area contributed by atoms with Gasteiger partial charge in [0.15, 0.2) is 11.6 Å². The second kappa shape index (κ2) is 6.36. The maximum absolute atomic E-state index is 13.0. The first-order valence-corrected chi connectivity index (χ1v) is 7.15. The summed E-state index contributed by atoms with van der Waals surface area (Å²) < 4.78 is 13.0. The Bertz CT molecular complexity index is 852. The Balaban J connectivity index is 1.92. The topological polar surface area (TPSA) is 34.1 Å². The molecule has 0 aromatic heterocycles. The van der Waals surface area contributed by atoms with Crippen LogP contribution in [0.3, 0.4) is 0 Å². The molecule has 0 N–H and O–H groups in total. The molecule has 0 aliphatic rings. The highest BCUT2D eigenvalue weighted by atomic mass is 19.1. The third-order valence-electron chi connectivity index (χ3n) is 3.53. The van der Waals surface area contributed by atoms with Gasteiger partial charge in [-0.2, -0.15) is 0 Å². The number of carbonyl (C=O) groups excluding carboxylic acids is 2. The summed E-state index contributed by atoms with van der Waals surface area (Å²) in [6.45, 7) is 0. The predicted octanol–water partition coefficient (Wildman–Crippen LogP) is 4.29. The standard InChI is InChI=1S/C20H13FO2/c21-18-11-9-15(10-12-18)20(23)17-8-4-7-16(13-17)19(22)14-5-2-1-3-6-14/h1-13H. The average molecular weight is 304 g/mol. The molecule has 0 aliphatic heterocycles. The quantitative estimate of drug-likeness (QED) is 0.674. The van der Waals surface area contributed by atoms with Crippen LogP contribution >= 0.6 is 0 Å². The van der Waals surface area contributed by atoms with Crippen molar-refractivity contribution in [3.05, 3.63) is 107 Å². The van der Waals surface area contributed by atoms with E-state index in [4.69, 9.17) is 0 Å². The molecular weight excluding hydrogens is 291 g/mol. The average Bonchev–Trinajstić information content (AvgIpc) is 2.62. The first-order chi connectivity index (χ1) is 11.1. The number of ketones is 2. The van der Waals surface area contributed by atoms with Gasteiger partial charge in [-0.1, -0.05) is 48.5 Å². The molecule has 0 radical (unpaired) electrons. The summed E-state index contributed by atoms with van der Waals surface area (Å²) in [6, 6.07) is 20.8. The van der Waals surface area contributed by atoms with Crippen LogP contribution in [0.4, 0.5) is 4.39 Å². The molecule has 0 aliphatic carbocycles. The molecule has 0 amide bonds. The van der Waals surface area contributed by atoms with E-state index >= 15 is 0 Å². The van der Waals surface area contributed by atoms with Gasteiger partial charge in [-0.15, -0.1) is 0 Å². The lowest BCUT2D eigenvalue weighted by molar-refractivity contribution is 0.103. The number of benzene rings is 3. The molecule has 0 spiro atoms. The minimum Gasteiger partial charge on any atom is -0.289 e. The number of hydrogen-bond acceptors (Lipinski definition) is 2. The van der Waals surface area contributed by atoms with E-state index in [0.717, 1.165) is 0 Å². The first kappa shape index (κ1) is 14.9. The summed E-state index contributed by atoms with van der Waals surface area (Å²) in [6.07, 6.45) is 0. The van der Waals surface area contributed by atoms with Crippen molar-refractivity contribution in [2.75, 3.05) is 0 Å². The van der Waals surface area contributed by atoms with Gasteiger partial charge < -0.3 is 0 Å². The van der Waals surface area contributed by atoms with Gasteiger partial charge in [0.2, 0.25) is 0 Å². The number of hydrogen-bond donors (Lipinski definition) is 0. The lowest BCUT2D eigenvalue weighted by Gasteiger charge is -2.05. The first-order valence-electron chi connectivity index (χ1n) is 7.15. The highest BCUT2D eigenvalue weighted by Crippen LogP contribution is 2.15. The normalized spacial score (nSPS) is 10.3. The smallest absolute Gasteiger partial charge is 0.193 e. The van der Waals surface area contributed by atoms with Crippen molar-refractivity contribution in [1.29, 1.82) is 0 Å². The fraction of sp³-hybridized carbons (Fsp3) is 0. The van der Waals surface area contributed by atoms with Crippen molar-refractivity contribution < 1.29 is 14.0 Å². The van der Waals surface area contributed by atoms with E-state index < -0.39 is 5.82 Å². The molecule has 0 saturated carbocycles. The lowest BCUT2D eigenvalue weighted by Crippen LogP contribution is -2.05. The van der Waals surface area contributed by atoms with Crippen LogP contribution in [0.25, 0.3) is 0 Å². The molecule has 0 saturated heterocycles. The maximum Gasteiger partial charge on any atom is 0.193 e. The van der Waals surface area contributed by atoms with Crippen molar-refractivity contribution >= 4 is 11.6 Å². The van der Waals surface area contributed by atoms with Gasteiger partial charge in [0, 0.05) is 22.3 Å². The van der Waals surface area contributed by atoms with Gasteiger partial charge in [0.25, 0.3) is 0 Å². The minimum atomic E-state index is -0.394. The van der Waals surface area contributed by atoms with Gasteiger partial charge in [-0.05, 0) is 30.3 Å². The molecule has 112 valence electrons. The highest BCUT2D eigenvalue weighted by molar-refractivity contribution is 6.13. The second-order valence-electron chi connectivity index (χ2n) is 5.11.